The molecule has 0 radical (unpaired) electrons. The highest BCUT2D eigenvalue weighted by Crippen LogP contribution is 2.50. The summed E-state index contributed by atoms with van der Waals surface area (Å²) in [5, 5.41) is 30.5. The summed E-state index contributed by atoms with van der Waals surface area (Å²) in [6, 6.07) is 3.08. The molecular formula is C17H23BO4. The molecule has 2 aliphatic rings. The van der Waals surface area contributed by atoms with Crippen molar-refractivity contribution in [1.29, 1.82) is 0 Å². The summed E-state index contributed by atoms with van der Waals surface area (Å²) in [5.74, 6) is 0.352. The van der Waals surface area contributed by atoms with E-state index in [-0.39, 0.29) is 23.5 Å². The molecule has 1 aromatic rings. The maximum atomic E-state index is 10.3. The number of rotatable bonds is 3. The molecular weight excluding hydrogens is 279 g/mol. The van der Waals surface area contributed by atoms with Crippen LogP contribution in [0.25, 0.3) is 0 Å². The quantitative estimate of drug-likeness (QED) is 0.456. The van der Waals surface area contributed by atoms with Crippen LogP contribution < -0.4 is 0 Å². The zero-order chi connectivity index (χ0) is 15.9. The number of fused-ring (bicyclic) bond motifs is 3. The van der Waals surface area contributed by atoms with Crippen LogP contribution in [0.1, 0.15) is 50.2 Å². The van der Waals surface area contributed by atoms with Crippen molar-refractivity contribution in [3.63, 3.8) is 0 Å². The van der Waals surface area contributed by atoms with Gasteiger partial charge in [0.05, 0.1) is 6.10 Å². The first-order valence-electron chi connectivity index (χ1n) is 8.09. The molecule has 118 valence electrons. The van der Waals surface area contributed by atoms with Crippen LogP contribution in [0.3, 0.4) is 0 Å². The third-order valence-corrected chi connectivity index (χ3v) is 4.89. The van der Waals surface area contributed by atoms with Gasteiger partial charge in [0.2, 0.25) is 0 Å². The number of benzene rings is 1. The molecule has 1 aliphatic carbocycles. The van der Waals surface area contributed by atoms with Gasteiger partial charge in [0.25, 0.3) is 0 Å². The SMILES string of the molecule is CCCC[C@H]1OB(O)C[C@H]2C1=C(C)Cc1c(O)ccc(O)c12. The molecule has 0 amide bonds. The number of phenolic OH excluding ortho intramolecular Hbond substituents is 2. The van der Waals surface area contributed by atoms with E-state index in [9.17, 15) is 15.2 Å². The molecule has 0 aromatic heterocycles. The van der Waals surface area contributed by atoms with Gasteiger partial charge in [0.15, 0.2) is 0 Å². The molecule has 0 bridgehead atoms. The van der Waals surface area contributed by atoms with E-state index in [4.69, 9.17) is 4.65 Å². The molecule has 1 saturated heterocycles. The van der Waals surface area contributed by atoms with Crippen molar-refractivity contribution in [1.82, 2.24) is 0 Å². The summed E-state index contributed by atoms with van der Waals surface area (Å²) in [7, 11) is -0.823. The molecule has 4 nitrogen and oxygen atoms in total. The van der Waals surface area contributed by atoms with Crippen molar-refractivity contribution < 1.29 is 19.9 Å². The van der Waals surface area contributed by atoms with Gasteiger partial charge in [0.1, 0.15) is 11.5 Å². The second-order valence-electron chi connectivity index (χ2n) is 6.42. The molecule has 1 aliphatic heterocycles. The minimum absolute atomic E-state index is 0.0681. The lowest BCUT2D eigenvalue weighted by Gasteiger charge is -2.40. The highest BCUT2D eigenvalue weighted by Gasteiger charge is 2.42. The van der Waals surface area contributed by atoms with E-state index >= 15 is 0 Å². The maximum absolute atomic E-state index is 10.3. The van der Waals surface area contributed by atoms with Crippen LogP contribution in [0, 0.1) is 0 Å². The first-order valence-corrected chi connectivity index (χ1v) is 8.09. The van der Waals surface area contributed by atoms with Crippen LogP contribution in [0.4, 0.5) is 0 Å². The van der Waals surface area contributed by atoms with Gasteiger partial charge in [-0.3, -0.25) is 0 Å². The highest BCUT2D eigenvalue weighted by molar-refractivity contribution is 6.43. The van der Waals surface area contributed by atoms with Gasteiger partial charge < -0.3 is 19.9 Å². The highest BCUT2D eigenvalue weighted by atomic mass is 16.5. The zero-order valence-electron chi connectivity index (χ0n) is 13.2. The van der Waals surface area contributed by atoms with E-state index < -0.39 is 7.12 Å². The number of aromatic hydroxyl groups is 2. The minimum Gasteiger partial charge on any atom is -0.508 e. The van der Waals surface area contributed by atoms with Crippen molar-refractivity contribution in [2.75, 3.05) is 0 Å². The number of phenols is 2. The van der Waals surface area contributed by atoms with E-state index in [1.807, 2.05) is 0 Å². The second-order valence-corrected chi connectivity index (χ2v) is 6.42. The molecule has 1 heterocycles. The summed E-state index contributed by atoms with van der Waals surface area (Å²) < 4.78 is 5.77. The van der Waals surface area contributed by atoms with Crippen LogP contribution in [0.5, 0.6) is 11.5 Å². The molecule has 1 aromatic carbocycles. The van der Waals surface area contributed by atoms with Crippen molar-refractivity contribution in [2.45, 2.75) is 57.9 Å². The minimum atomic E-state index is -0.823. The summed E-state index contributed by atoms with van der Waals surface area (Å²) in [4.78, 5) is 0. The standard InChI is InChI=1S/C17H23BO4/c1-3-4-5-15-16-10(2)8-11-13(19)6-7-14(20)17(11)12(16)9-18(21)22-15/h6-7,12,15,19-21H,3-5,8-9H2,1-2H3/t12-,15+/m0/s1. The lowest BCUT2D eigenvalue weighted by molar-refractivity contribution is 0.158. The molecule has 3 N–H and O–H groups in total. The molecule has 3 rings (SSSR count). The van der Waals surface area contributed by atoms with Crippen molar-refractivity contribution >= 4 is 7.12 Å². The fraction of sp³-hybridized carbons (Fsp3) is 0.529. The fourth-order valence-corrected chi connectivity index (χ4v) is 3.91. The predicted molar refractivity (Wildman–Crippen MR) is 86.1 cm³/mol. The Kier molecular flexibility index (Phi) is 4.19. The first-order chi connectivity index (χ1) is 10.5. The second kappa shape index (κ2) is 5.97. The Labute approximate surface area is 131 Å². The lowest BCUT2D eigenvalue weighted by atomic mass is 9.62. The Morgan fingerprint density at radius 2 is 2.00 bits per heavy atom. The Hall–Kier alpha value is -1.46. The monoisotopic (exact) mass is 302 g/mol. The molecule has 0 saturated carbocycles. The largest absolute Gasteiger partial charge is 0.508 e. The van der Waals surface area contributed by atoms with Crippen LogP contribution in [0.15, 0.2) is 23.3 Å². The van der Waals surface area contributed by atoms with E-state index in [0.717, 1.165) is 30.4 Å². The van der Waals surface area contributed by atoms with E-state index in [1.165, 1.54) is 23.3 Å². The summed E-state index contributed by atoms with van der Waals surface area (Å²) in [5.41, 5.74) is 3.93. The summed E-state index contributed by atoms with van der Waals surface area (Å²) >= 11 is 0. The third kappa shape index (κ3) is 2.53. The van der Waals surface area contributed by atoms with Crippen LogP contribution >= 0.6 is 0 Å². The topological polar surface area (TPSA) is 69.9 Å². The first kappa shape index (κ1) is 15.4. The molecule has 1 fully saturated rings. The molecule has 22 heavy (non-hydrogen) atoms. The summed E-state index contributed by atoms with van der Waals surface area (Å²) in [6.45, 7) is 4.20. The van der Waals surface area contributed by atoms with E-state index in [0.29, 0.717) is 12.7 Å². The smallest absolute Gasteiger partial charge is 0.455 e. The van der Waals surface area contributed by atoms with Crippen LogP contribution in [-0.2, 0) is 11.1 Å². The van der Waals surface area contributed by atoms with Gasteiger partial charge in [0, 0.05) is 17.0 Å². The van der Waals surface area contributed by atoms with Crippen molar-refractivity contribution in [3.05, 3.63) is 34.4 Å². The summed E-state index contributed by atoms with van der Waals surface area (Å²) in [6.07, 6.45) is 3.97. The lowest BCUT2D eigenvalue weighted by Crippen LogP contribution is -2.39. The van der Waals surface area contributed by atoms with Gasteiger partial charge in [-0.05, 0) is 43.8 Å². The van der Waals surface area contributed by atoms with Gasteiger partial charge in [-0.1, -0.05) is 25.3 Å². The zero-order valence-corrected chi connectivity index (χ0v) is 13.2. The number of hydrogen-bond donors (Lipinski definition) is 3. The third-order valence-electron chi connectivity index (χ3n) is 4.89. The number of allylic oxidation sites excluding steroid dienone is 1. The Bertz CT molecular complexity index is 611. The van der Waals surface area contributed by atoms with Gasteiger partial charge in [-0.15, -0.1) is 0 Å². The van der Waals surface area contributed by atoms with Crippen LogP contribution in [-0.4, -0.2) is 28.5 Å². The number of unbranched alkanes of at least 4 members (excludes halogenated alkanes) is 1. The van der Waals surface area contributed by atoms with Gasteiger partial charge in [-0.2, -0.15) is 0 Å². The average molecular weight is 302 g/mol. The fourth-order valence-electron chi connectivity index (χ4n) is 3.91. The maximum Gasteiger partial charge on any atom is 0.455 e. The Morgan fingerprint density at radius 3 is 2.73 bits per heavy atom. The average Bonchev–Trinajstić information content (AvgIpc) is 2.48. The molecule has 5 heteroatoms. The predicted octanol–water partition coefficient (Wildman–Crippen LogP) is 3.12. The normalized spacial score (nSPS) is 24.2. The van der Waals surface area contributed by atoms with Gasteiger partial charge in [-0.25, -0.2) is 0 Å². The Morgan fingerprint density at radius 1 is 1.27 bits per heavy atom. The molecule has 0 spiro atoms. The van der Waals surface area contributed by atoms with Crippen molar-refractivity contribution in [2.24, 2.45) is 0 Å². The molecule has 2 atom stereocenters. The number of hydrogen-bond acceptors (Lipinski definition) is 4. The Balaban J connectivity index is 2.06. The van der Waals surface area contributed by atoms with E-state index in [2.05, 4.69) is 13.8 Å². The molecule has 0 unspecified atom stereocenters. The van der Waals surface area contributed by atoms with Crippen molar-refractivity contribution in [3.8, 4) is 11.5 Å². The van der Waals surface area contributed by atoms with Crippen LogP contribution in [0.2, 0.25) is 6.32 Å². The van der Waals surface area contributed by atoms with Gasteiger partial charge >= 0.3 is 7.12 Å². The van der Waals surface area contributed by atoms with E-state index in [1.54, 1.807) is 0 Å².